The number of carboxylic acid groups (broad SMARTS) is 1. The second kappa shape index (κ2) is 19.9. The standard InChI is InChI=1S/C47H56N8O5.C2HF3O2/c1-32-26-33(27-36-30-48-55(42(32)36)31-60-45(58)47(16-17-47)37-9-4-3-5-10-37)28-41(44(57)53-24-22-52(23-25-53)38-14-18-51(2)19-15-38)50-46(59)54-20-12-34(13-21-54)39-29-35-8-6-7-11-40(35)49-43(39)56;3-2(4,5)1(6)7/h3-11,26-27,29-30,34,38,41H,12-25,28,31H2,1-2H3,(H,49,56)(H,50,59);(H,6,7). The number of esters is 1. The molecule has 5 heterocycles. The molecule has 4 aliphatic rings. The van der Waals surface area contributed by atoms with Crippen LogP contribution in [0.1, 0.15) is 66.7 Å². The highest BCUT2D eigenvalue weighted by molar-refractivity contribution is 5.89. The third kappa shape index (κ3) is 10.8. The number of benzene rings is 3. The number of nitrogens with one attached hydrogen (secondary N) is 2. The van der Waals surface area contributed by atoms with Gasteiger partial charge < -0.3 is 34.8 Å². The van der Waals surface area contributed by atoms with E-state index in [1.165, 1.54) is 0 Å². The monoisotopic (exact) mass is 926 g/mol. The third-order valence-electron chi connectivity index (χ3n) is 13.9. The van der Waals surface area contributed by atoms with Crippen molar-refractivity contribution in [2.24, 2.45) is 0 Å². The minimum absolute atomic E-state index is 0.00372. The van der Waals surface area contributed by atoms with E-state index in [2.05, 4.69) is 32.2 Å². The number of amides is 3. The summed E-state index contributed by atoms with van der Waals surface area (Å²) in [6.07, 6.45) is 2.16. The maximum Gasteiger partial charge on any atom is 0.490 e. The summed E-state index contributed by atoms with van der Waals surface area (Å²) in [7, 11) is 2.17. The van der Waals surface area contributed by atoms with E-state index in [0.29, 0.717) is 51.5 Å². The minimum Gasteiger partial charge on any atom is -0.475 e. The molecule has 3 saturated heterocycles. The summed E-state index contributed by atoms with van der Waals surface area (Å²) >= 11 is 0. The second-order valence-corrected chi connectivity index (χ2v) is 18.3. The van der Waals surface area contributed by atoms with Crippen molar-refractivity contribution in [3.8, 4) is 0 Å². The van der Waals surface area contributed by atoms with Gasteiger partial charge in [0.25, 0.3) is 5.56 Å². The van der Waals surface area contributed by atoms with Crippen LogP contribution in [0.25, 0.3) is 21.8 Å². The number of aryl methyl sites for hydroxylation is 1. The molecule has 3 aliphatic heterocycles. The van der Waals surface area contributed by atoms with Crippen LogP contribution in [0.2, 0.25) is 0 Å². The number of urea groups is 1. The molecule has 0 spiro atoms. The number of ether oxygens (including phenoxy) is 1. The summed E-state index contributed by atoms with van der Waals surface area (Å²) in [4.78, 5) is 75.4. The van der Waals surface area contributed by atoms with Crippen LogP contribution >= 0.6 is 0 Å². The number of aromatic nitrogens is 3. The number of alkyl halides is 3. The van der Waals surface area contributed by atoms with Crippen molar-refractivity contribution >= 4 is 45.7 Å². The lowest BCUT2D eigenvalue weighted by molar-refractivity contribution is -0.192. The highest BCUT2D eigenvalue weighted by Gasteiger charge is 2.52. The smallest absolute Gasteiger partial charge is 0.475 e. The van der Waals surface area contributed by atoms with E-state index in [1.807, 2.05) is 84.6 Å². The van der Waals surface area contributed by atoms with Crippen LogP contribution in [-0.2, 0) is 37.7 Å². The molecule has 0 radical (unpaired) electrons. The molecule has 4 fully saturated rings. The number of likely N-dealkylation sites (tertiary alicyclic amines) is 2. The number of rotatable bonds is 10. The van der Waals surface area contributed by atoms with Gasteiger partial charge in [-0.25, -0.2) is 14.3 Å². The van der Waals surface area contributed by atoms with E-state index in [9.17, 15) is 32.3 Å². The quantitative estimate of drug-likeness (QED) is 0.146. The Morgan fingerprint density at radius 2 is 1.52 bits per heavy atom. The molecule has 1 aliphatic carbocycles. The van der Waals surface area contributed by atoms with Crippen LogP contribution < -0.4 is 10.9 Å². The molecular formula is C49H57F3N8O7. The van der Waals surface area contributed by atoms with E-state index in [4.69, 9.17) is 14.6 Å². The molecule has 15 nitrogen and oxygen atoms in total. The summed E-state index contributed by atoms with van der Waals surface area (Å²) < 4.78 is 39.3. The van der Waals surface area contributed by atoms with Gasteiger partial charge >= 0.3 is 24.1 Å². The lowest BCUT2D eigenvalue weighted by atomic mass is 9.89. The molecule has 1 saturated carbocycles. The number of pyridine rings is 1. The fraction of sp³-hybridized carbons (Fsp3) is 0.469. The van der Waals surface area contributed by atoms with Crippen molar-refractivity contribution in [3.63, 3.8) is 0 Å². The van der Waals surface area contributed by atoms with Gasteiger partial charge in [0, 0.05) is 68.2 Å². The average molecular weight is 927 g/mol. The Kier molecular flexibility index (Phi) is 14.0. The minimum atomic E-state index is -5.08. The number of hydrogen-bond donors (Lipinski definition) is 3. The summed E-state index contributed by atoms with van der Waals surface area (Å²) in [6, 6.07) is 23.2. The zero-order valence-corrected chi connectivity index (χ0v) is 37.8. The van der Waals surface area contributed by atoms with Gasteiger partial charge in [-0.2, -0.15) is 18.3 Å². The number of carbonyl (C=O) groups excluding carboxylic acids is 3. The molecule has 5 aromatic rings. The lowest BCUT2D eigenvalue weighted by Gasteiger charge is -2.43. The first-order chi connectivity index (χ1) is 32.1. The zero-order chi connectivity index (χ0) is 47.5. The van der Waals surface area contributed by atoms with E-state index in [1.54, 1.807) is 15.8 Å². The number of aromatic amines is 1. The van der Waals surface area contributed by atoms with Crippen LogP contribution in [0.15, 0.2) is 83.8 Å². The molecule has 3 aromatic carbocycles. The topological polar surface area (TPSA) is 173 Å². The van der Waals surface area contributed by atoms with Crippen LogP contribution in [0.5, 0.6) is 0 Å². The van der Waals surface area contributed by atoms with E-state index < -0.39 is 23.6 Å². The summed E-state index contributed by atoms with van der Waals surface area (Å²) in [5.74, 6) is -3.02. The number of carbonyl (C=O) groups is 4. The van der Waals surface area contributed by atoms with Crippen molar-refractivity contribution < 1.29 is 42.2 Å². The maximum absolute atomic E-state index is 14.5. The molecular weight excluding hydrogens is 870 g/mol. The van der Waals surface area contributed by atoms with Crippen LogP contribution in [0, 0.1) is 6.92 Å². The first kappa shape index (κ1) is 47.2. The number of piperazine rings is 1. The highest BCUT2D eigenvalue weighted by Crippen LogP contribution is 2.49. The zero-order valence-electron chi connectivity index (χ0n) is 37.8. The number of hydrogen-bond acceptors (Lipinski definition) is 9. The normalized spacial score (nSPS) is 18.8. The van der Waals surface area contributed by atoms with Gasteiger partial charge in [0.2, 0.25) is 5.91 Å². The van der Waals surface area contributed by atoms with Crippen molar-refractivity contribution in [2.75, 3.05) is 59.4 Å². The van der Waals surface area contributed by atoms with Crippen LogP contribution in [0.3, 0.4) is 0 Å². The fourth-order valence-electron chi connectivity index (χ4n) is 9.92. The van der Waals surface area contributed by atoms with Gasteiger partial charge in [-0.05, 0) is 112 Å². The average Bonchev–Trinajstić information content (AvgIpc) is 4.04. The van der Waals surface area contributed by atoms with Crippen molar-refractivity contribution in [2.45, 2.75) is 88.2 Å². The van der Waals surface area contributed by atoms with Crippen molar-refractivity contribution in [1.29, 1.82) is 0 Å². The van der Waals surface area contributed by atoms with Gasteiger partial charge in [-0.15, -0.1) is 0 Å². The number of aliphatic carboxylic acids is 1. The SMILES string of the molecule is Cc1cc(CC(NC(=O)N2CCC(c3cc4ccccc4[nH]c3=O)CC2)C(=O)N2CCN(C3CCN(C)CC3)CC2)cc2cnn(COC(=O)C3(c4ccccc4)CC3)c12.O=C(O)C(F)(F)F. The number of H-pyrrole nitrogens is 1. The number of fused-ring (bicyclic) bond motifs is 2. The molecule has 18 heteroatoms. The second-order valence-electron chi connectivity index (χ2n) is 18.3. The van der Waals surface area contributed by atoms with Crippen molar-refractivity contribution in [3.05, 3.63) is 112 Å². The molecule has 9 rings (SSSR count). The van der Waals surface area contributed by atoms with E-state index >= 15 is 0 Å². The van der Waals surface area contributed by atoms with Gasteiger partial charge in [0.15, 0.2) is 6.73 Å². The maximum atomic E-state index is 14.5. The molecule has 2 aromatic heterocycles. The Bertz CT molecular complexity index is 2640. The number of para-hydroxylation sites is 1. The lowest BCUT2D eigenvalue weighted by Crippen LogP contribution is -2.59. The number of piperidine rings is 2. The molecule has 3 N–H and O–H groups in total. The molecule has 67 heavy (non-hydrogen) atoms. The fourth-order valence-corrected chi connectivity index (χ4v) is 9.92. The Labute approximate surface area is 385 Å². The first-order valence-corrected chi connectivity index (χ1v) is 23.0. The van der Waals surface area contributed by atoms with Crippen LogP contribution in [0.4, 0.5) is 18.0 Å². The third-order valence-corrected chi connectivity index (χ3v) is 13.9. The van der Waals surface area contributed by atoms with Gasteiger partial charge in [0.1, 0.15) is 6.04 Å². The summed E-state index contributed by atoms with van der Waals surface area (Å²) in [6.45, 7) is 8.06. The molecule has 0 bridgehead atoms. The number of halogens is 3. The van der Waals surface area contributed by atoms with Gasteiger partial charge in [-0.1, -0.05) is 54.6 Å². The number of carboxylic acids is 1. The molecule has 1 unspecified atom stereocenters. The Morgan fingerprint density at radius 1 is 0.866 bits per heavy atom. The van der Waals surface area contributed by atoms with Gasteiger partial charge in [0.05, 0.1) is 17.1 Å². The van der Waals surface area contributed by atoms with Crippen molar-refractivity contribution in [1.82, 2.24) is 39.7 Å². The summed E-state index contributed by atoms with van der Waals surface area (Å²) in [5, 5.41) is 16.8. The summed E-state index contributed by atoms with van der Waals surface area (Å²) in [5.41, 5.74) is 4.62. The highest BCUT2D eigenvalue weighted by atomic mass is 19.4. The Balaban J connectivity index is 0.000000807. The number of nitrogens with zero attached hydrogens (tertiary/aromatic N) is 6. The predicted molar refractivity (Wildman–Crippen MR) is 244 cm³/mol. The molecule has 3 amide bonds. The Morgan fingerprint density at radius 3 is 2.18 bits per heavy atom. The van der Waals surface area contributed by atoms with E-state index in [0.717, 1.165) is 95.9 Å². The first-order valence-electron chi connectivity index (χ1n) is 23.0. The molecule has 1 atom stereocenters. The Hall–Kier alpha value is -6.27. The largest absolute Gasteiger partial charge is 0.490 e. The predicted octanol–water partition coefficient (Wildman–Crippen LogP) is 5.79. The van der Waals surface area contributed by atoms with Crippen LogP contribution in [-0.4, -0.2) is 141 Å². The molecule has 356 valence electrons. The van der Waals surface area contributed by atoms with E-state index in [-0.39, 0.29) is 36.1 Å². The van der Waals surface area contributed by atoms with Gasteiger partial charge in [-0.3, -0.25) is 19.3 Å².